The molecule has 2 rings (SSSR count). The van der Waals surface area contributed by atoms with Gasteiger partial charge in [0, 0.05) is 24.7 Å². The zero-order valence-corrected chi connectivity index (χ0v) is 13.7. The Morgan fingerprint density at radius 1 is 1.04 bits per heavy atom. The lowest BCUT2D eigenvalue weighted by Crippen LogP contribution is -2.46. The highest BCUT2D eigenvalue weighted by Gasteiger charge is 2.27. The van der Waals surface area contributed by atoms with Gasteiger partial charge in [-0.3, -0.25) is 14.9 Å². The Labute approximate surface area is 139 Å². The minimum Gasteiger partial charge on any atom is -0.330 e. The Morgan fingerprint density at radius 3 is 1.92 bits per heavy atom. The van der Waals surface area contributed by atoms with Crippen LogP contribution in [0.4, 0.5) is 5.69 Å². The molecule has 0 spiro atoms. The molecule has 0 fully saturated rings. The first-order chi connectivity index (χ1) is 11.3. The van der Waals surface area contributed by atoms with Crippen LogP contribution in [-0.4, -0.2) is 34.6 Å². The van der Waals surface area contributed by atoms with Crippen LogP contribution in [0, 0.1) is 10.1 Å². The van der Waals surface area contributed by atoms with Gasteiger partial charge in [-0.05, 0) is 49.2 Å². The third-order valence-corrected chi connectivity index (χ3v) is 4.00. The smallest absolute Gasteiger partial charge is 0.269 e. The van der Waals surface area contributed by atoms with E-state index in [4.69, 9.17) is 0 Å². The number of rotatable bonds is 5. The average molecular weight is 326 g/mol. The molecule has 124 valence electrons. The zero-order valence-electron chi connectivity index (χ0n) is 13.7. The Bertz CT molecular complexity index is 765. The van der Waals surface area contributed by atoms with Crippen molar-refractivity contribution in [2.75, 3.05) is 7.05 Å². The number of hydrogen-bond donors (Lipinski definition) is 0. The van der Waals surface area contributed by atoms with Crippen molar-refractivity contribution in [3.8, 4) is 11.1 Å². The van der Waals surface area contributed by atoms with Gasteiger partial charge in [0.15, 0.2) is 0 Å². The van der Waals surface area contributed by atoms with Crippen LogP contribution in [0.15, 0.2) is 48.5 Å². The second kappa shape index (κ2) is 6.62. The van der Waals surface area contributed by atoms with Gasteiger partial charge in [0.2, 0.25) is 0 Å². The number of hydrogen-bond acceptors (Lipinski definition) is 4. The number of likely N-dealkylation sites (N-methyl/N-ethyl adjacent to an activating group) is 1. The lowest BCUT2D eigenvalue weighted by atomic mass is 10.0. The summed E-state index contributed by atoms with van der Waals surface area (Å²) < 4.78 is 0. The molecular weight excluding hydrogens is 308 g/mol. The van der Waals surface area contributed by atoms with Gasteiger partial charge in [0.05, 0.1) is 10.5 Å². The molecule has 0 aromatic heterocycles. The van der Waals surface area contributed by atoms with E-state index in [1.807, 2.05) is 0 Å². The van der Waals surface area contributed by atoms with Crippen molar-refractivity contribution < 1.29 is 14.5 Å². The lowest BCUT2D eigenvalue weighted by molar-refractivity contribution is -0.384. The maximum atomic E-state index is 12.4. The second-order valence-corrected chi connectivity index (χ2v) is 6.02. The van der Waals surface area contributed by atoms with Crippen molar-refractivity contribution in [3.05, 3.63) is 64.2 Å². The summed E-state index contributed by atoms with van der Waals surface area (Å²) in [6.07, 6.45) is 0.732. The van der Waals surface area contributed by atoms with Crippen LogP contribution in [0.1, 0.15) is 24.2 Å². The van der Waals surface area contributed by atoms with E-state index in [-0.39, 0.29) is 11.6 Å². The highest BCUT2D eigenvalue weighted by Crippen LogP contribution is 2.23. The first-order valence-corrected chi connectivity index (χ1v) is 7.35. The zero-order chi connectivity index (χ0) is 17.9. The highest BCUT2D eigenvalue weighted by molar-refractivity contribution is 5.96. The minimum absolute atomic E-state index is 0.0308. The van der Waals surface area contributed by atoms with E-state index >= 15 is 0 Å². The molecule has 0 radical (unpaired) electrons. The van der Waals surface area contributed by atoms with Crippen LogP contribution in [0.5, 0.6) is 0 Å². The Balaban J connectivity index is 2.23. The third-order valence-electron chi connectivity index (χ3n) is 4.00. The highest BCUT2D eigenvalue weighted by atomic mass is 16.6. The lowest BCUT2D eigenvalue weighted by Gasteiger charge is -2.30. The number of nitrogens with zero attached hydrogens (tertiary/aromatic N) is 2. The van der Waals surface area contributed by atoms with Gasteiger partial charge in [0.1, 0.15) is 6.29 Å². The van der Waals surface area contributed by atoms with Crippen molar-refractivity contribution in [1.29, 1.82) is 0 Å². The minimum atomic E-state index is -0.881. The maximum Gasteiger partial charge on any atom is 0.269 e. The van der Waals surface area contributed by atoms with Crippen LogP contribution in [0.2, 0.25) is 0 Å². The molecule has 0 unspecified atom stereocenters. The number of nitro groups is 1. The summed E-state index contributed by atoms with van der Waals surface area (Å²) in [6.45, 7) is 3.34. The summed E-state index contributed by atoms with van der Waals surface area (Å²) >= 11 is 0. The van der Waals surface area contributed by atoms with Crippen molar-refractivity contribution in [3.63, 3.8) is 0 Å². The number of nitro benzene ring substituents is 1. The summed E-state index contributed by atoms with van der Waals surface area (Å²) in [4.78, 5) is 35.1. The number of aldehydes is 1. The fourth-order valence-electron chi connectivity index (χ4n) is 2.12. The monoisotopic (exact) mass is 326 g/mol. The van der Waals surface area contributed by atoms with Crippen LogP contribution >= 0.6 is 0 Å². The van der Waals surface area contributed by atoms with Gasteiger partial charge in [-0.2, -0.15) is 0 Å². The van der Waals surface area contributed by atoms with Crippen molar-refractivity contribution in [2.24, 2.45) is 0 Å². The van der Waals surface area contributed by atoms with E-state index in [0.29, 0.717) is 5.56 Å². The summed E-state index contributed by atoms with van der Waals surface area (Å²) in [7, 11) is 1.58. The summed E-state index contributed by atoms with van der Waals surface area (Å²) in [5.74, 6) is -0.248. The molecule has 6 heteroatoms. The van der Waals surface area contributed by atoms with Gasteiger partial charge < -0.3 is 9.69 Å². The van der Waals surface area contributed by atoms with E-state index in [1.165, 1.54) is 17.0 Å². The van der Waals surface area contributed by atoms with Gasteiger partial charge >= 0.3 is 0 Å². The molecule has 6 nitrogen and oxygen atoms in total. The molecule has 0 aliphatic rings. The van der Waals surface area contributed by atoms with Crippen LogP contribution in [0.3, 0.4) is 0 Å². The largest absolute Gasteiger partial charge is 0.330 e. The average Bonchev–Trinajstić information content (AvgIpc) is 2.60. The molecule has 1 amide bonds. The summed E-state index contributed by atoms with van der Waals surface area (Å²) in [6, 6.07) is 13.1. The quantitative estimate of drug-likeness (QED) is 0.479. The molecule has 2 aromatic rings. The molecule has 2 aromatic carbocycles. The topological polar surface area (TPSA) is 80.5 Å². The molecule has 0 aliphatic heterocycles. The van der Waals surface area contributed by atoms with E-state index in [0.717, 1.165) is 17.4 Å². The van der Waals surface area contributed by atoms with Gasteiger partial charge in [0.25, 0.3) is 11.6 Å². The molecule has 0 saturated heterocycles. The van der Waals surface area contributed by atoms with Gasteiger partial charge in [-0.1, -0.05) is 12.1 Å². The Hall–Kier alpha value is -3.02. The first kappa shape index (κ1) is 17.3. The Morgan fingerprint density at radius 2 is 1.50 bits per heavy atom. The first-order valence-electron chi connectivity index (χ1n) is 7.35. The predicted molar refractivity (Wildman–Crippen MR) is 90.8 cm³/mol. The number of non-ortho nitro benzene ring substituents is 1. The second-order valence-electron chi connectivity index (χ2n) is 6.02. The fourth-order valence-corrected chi connectivity index (χ4v) is 2.12. The van der Waals surface area contributed by atoms with E-state index in [9.17, 15) is 19.7 Å². The SMILES string of the molecule is CN(C(=O)c1ccc(-c2ccc([N+](=O)[O-])cc2)cc1)C(C)(C)C=O. The standard InChI is InChI=1S/C18H18N2O4/c1-18(2,12-21)19(3)17(22)15-6-4-13(5-7-15)14-8-10-16(11-9-14)20(23)24/h4-12H,1-3H3. The normalized spacial score (nSPS) is 11.0. The third kappa shape index (κ3) is 3.48. The summed E-state index contributed by atoms with van der Waals surface area (Å²) in [5.41, 5.74) is 1.29. The summed E-state index contributed by atoms with van der Waals surface area (Å²) in [5, 5.41) is 10.7. The van der Waals surface area contributed by atoms with E-state index in [2.05, 4.69) is 0 Å². The molecule has 0 saturated carbocycles. The van der Waals surface area contributed by atoms with E-state index in [1.54, 1.807) is 57.3 Å². The van der Waals surface area contributed by atoms with Crippen molar-refractivity contribution >= 4 is 17.9 Å². The van der Waals surface area contributed by atoms with E-state index < -0.39 is 10.5 Å². The van der Waals surface area contributed by atoms with Gasteiger partial charge in [-0.15, -0.1) is 0 Å². The molecule has 24 heavy (non-hydrogen) atoms. The van der Waals surface area contributed by atoms with Crippen molar-refractivity contribution in [2.45, 2.75) is 19.4 Å². The molecule has 0 aliphatic carbocycles. The Kier molecular flexibility index (Phi) is 4.78. The van der Waals surface area contributed by atoms with Crippen molar-refractivity contribution in [1.82, 2.24) is 4.90 Å². The van der Waals surface area contributed by atoms with Gasteiger partial charge in [-0.25, -0.2) is 0 Å². The molecule has 0 bridgehead atoms. The molecule has 0 atom stereocenters. The van der Waals surface area contributed by atoms with Crippen LogP contribution < -0.4 is 0 Å². The number of carbonyl (C=O) groups excluding carboxylic acids is 2. The molecule has 0 heterocycles. The van der Waals surface area contributed by atoms with Crippen LogP contribution in [0.25, 0.3) is 11.1 Å². The maximum absolute atomic E-state index is 12.4. The predicted octanol–water partition coefficient (Wildman–Crippen LogP) is 3.31. The number of carbonyl (C=O) groups is 2. The number of amides is 1. The fraction of sp³-hybridized carbons (Fsp3) is 0.222. The number of benzene rings is 2. The molecule has 0 N–H and O–H groups in total. The molecular formula is C18H18N2O4. The van der Waals surface area contributed by atoms with Crippen LogP contribution in [-0.2, 0) is 4.79 Å².